The molecule has 0 amide bonds. The lowest BCUT2D eigenvalue weighted by atomic mass is 10.3. The minimum Gasteiger partial charge on any atom is -0.379 e. The molecule has 0 spiro atoms. The Labute approximate surface area is 107 Å². The van der Waals surface area contributed by atoms with Crippen molar-refractivity contribution in [3.05, 3.63) is 21.3 Å². The summed E-state index contributed by atoms with van der Waals surface area (Å²) in [5, 5.41) is 6.21. The molecule has 1 N–H and O–H groups in total. The molecule has 0 fully saturated rings. The van der Waals surface area contributed by atoms with Crippen molar-refractivity contribution >= 4 is 22.9 Å². The van der Waals surface area contributed by atoms with Gasteiger partial charge >= 0.3 is 0 Å². The Balaban J connectivity index is 1.92. The number of rotatable bonds is 8. The summed E-state index contributed by atoms with van der Waals surface area (Å²) in [7, 11) is 0. The fraction of sp³-hybridized carbons (Fsp3) is 0.667. The Morgan fingerprint density at radius 2 is 2.25 bits per heavy atom. The van der Waals surface area contributed by atoms with Crippen molar-refractivity contribution in [1.29, 1.82) is 0 Å². The molecule has 16 heavy (non-hydrogen) atoms. The van der Waals surface area contributed by atoms with Crippen LogP contribution < -0.4 is 5.32 Å². The normalized spacial score (nSPS) is 11.2. The maximum Gasteiger partial charge on any atom is 0.0518 e. The van der Waals surface area contributed by atoms with Crippen molar-refractivity contribution in [3.8, 4) is 0 Å². The van der Waals surface area contributed by atoms with E-state index in [0.29, 0.717) is 6.10 Å². The smallest absolute Gasteiger partial charge is 0.0518 e. The van der Waals surface area contributed by atoms with E-state index >= 15 is 0 Å². The maximum absolute atomic E-state index is 5.84. The van der Waals surface area contributed by atoms with Gasteiger partial charge in [0, 0.05) is 23.4 Å². The van der Waals surface area contributed by atoms with Crippen LogP contribution in [0.15, 0.2) is 11.4 Å². The van der Waals surface area contributed by atoms with Crippen LogP contribution in [0.5, 0.6) is 0 Å². The van der Waals surface area contributed by atoms with Gasteiger partial charge in [-0.3, -0.25) is 0 Å². The molecule has 92 valence electrons. The van der Waals surface area contributed by atoms with Crippen LogP contribution in [0.25, 0.3) is 0 Å². The van der Waals surface area contributed by atoms with Gasteiger partial charge < -0.3 is 10.1 Å². The second-order valence-corrected chi connectivity index (χ2v) is 5.47. The monoisotopic (exact) mass is 261 g/mol. The Hall–Kier alpha value is -0.0900. The minimum absolute atomic E-state index is 0.348. The van der Waals surface area contributed by atoms with Crippen molar-refractivity contribution in [2.24, 2.45) is 0 Å². The Morgan fingerprint density at radius 3 is 2.88 bits per heavy atom. The molecule has 0 unspecified atom stereocenters. The maximum atomic E-state index is 5.84. The number of ether oxygens (including phenoxy) is 1. The highest BCUT2D eigenvalue weighted by molar-refractivity contribution is 7.10. The molecule has 0 aliphatic carbocycles. The lowest BCUT2D eigenvalue weighted by Gasteiger charge is -2.07. The summed E-state index contributed by atoms with van der Waals surface area (Å²) in [6, 6.07) is 2.01. The van der Waals surface area contributed by atoms with Crippen LogP contribution in [0.3, 0.4) is 0 Å². The van der Waals surface area contributed by atoms with Gasteiger partial charge in [0.1, 0.15) is 0 Å². The van der Waals surface area contributed by atoms with Crippen LogP contribution in [0.4, 0.5) is 0 Å². The van der Waals surface area contributed by atoms with Gasteiger partial charge in [0.15, 0.2) is 0 Å². The standard InChI is InChI=1S/C12H20ClNOS/c1-10(2)15-6-4-3-5-14-8-12-7-11(13)9-16-12/h7,9-10,14H,3-6,8H2,1-2H3. The molecular weight excluding hydrogens is 242 g/mol. The SMILES string of the molecule is CC(C)OCCCCNCc1cc(Cl)cs1. The Bertz CT molecular complexity index is 288. The third-order valence-corrected chi connectivity index (χ3v) is 3.40. The van der Waals surface area contributed by atoms with Crippen LogP contribution >= 0.6 is 22.9 Å². The molecule has 1 heterocycles. The molecule has 0 atom stereocenters. The molecule has 0 aromatic carbocycles. The van der Waals surface area contributed by atoms with Gasteiger partial charge in [0.05, 0.1) is 11.1 Å². The molecule has 1 aromatic rings. The first-order valence-electron chi connectivity index (χ1n) is 5.73. The van der Waals surface area contributed by atoms with E-state index in [1.807, 2.05) is 11.4 Å². The van der Waals surface area contributed by atoms with E-state index in [-0.39, 0.29) is 0 Å². The number of hydrogen-bond acceptors (Lipinski definition) is 3. The number of halogens is 1. The van der Waals surface area contributed by atoms with Gasteiger partial charge in [-0.2, -0.15) is 0 Å². The van der Waals surface area contributed by atoms with Gasteiger partial charge in [-0.25, -0.2) is 0 Å². The van der Waals surface area contributed by atoms with Gasteiger partial charge in [-0.15, -0.1) is 11.3 Å². The van der Waals surface area contributed by atoms with Crippen molar-refractivity contribution in [2.75, 3.05) is 13.2 Å². The average Bonchev–Trinajstić information content (AvgIpc) is 2.62. The van der Waals surface area contributed by atoms with Gasteiger partial charge in [0.2, 0.25) is 0 Å². The molecule has 0 bridgehead atoms. The van der Waals surface area contributed by atoms with Crippen molar-refractivity contribution < 1.29 is 4.74 Å². The van der Waals surface area contributed by atoms with Crippen LogP contribution in [-0.2, 0) is 11.3 Å². The molecule has 0 aliphatic heterocycles. The van der Waals surface area contributed by atoms with Gasteiger partial charge in [-0.05, 0) is 39.3 Å². The van der Waals surface area contributed by atoms with Gasteiger partial charge in [0.25, 0.3) is 0 Å². The average molecular weight is 262 g/mol. The van der Waals surface area contributed by atoms with E-state index in [0.717, 1.165) is 37.6 Å². The summed E-state index contributed by atoms with van der Waals surface area (Å²) in [5.74, 6) is 0. The summed E-state index contributed by atoms with van der Waals surface area (Å²) in [4.78, 5) is 1.29. The molecule has 0 saturated carbocycles. The highest BCUT2D eigenvalue weighted by Gasteiger charge is 1.97. The van der Waals surface area contributed by atoms with Gasteiger partial charge in [-0.1, -0.05) is 11.6 Å². The third-order valence-electron chi connectivity index (χ3n) is 2.12. The van der Waals surface area contributed by atoms with Crippen LogP contribution in [0.1, 0.15) is 31.6 Å². The molecule has 1 aromatic heterocycles. The molecule has 4 heteroatoms. The Kier molecular flexibility index (Phi) is 7.05. The molecule has 2 nitrogen and oxygen atoms in total. The third kappa shape index (κ3) is 6.48. The summed E-state index contributed by atoms with van der Waals surface area (Å²) in [6.07, 6.45) is 2.63. The first kappa shape index (κ1) is 14.0. The lowest BCUT2D eigenvalue weighted by Crippen LogP contribution is -2.14. The first-order chi connectivity index (χ1) is 7.68. The van der Waals surface area contributed by atoms with E-state index in [4.69, 9.17) is 16.3 Å². The zero-order chi connectivity index (χ0) is 11.8. The second-order valence-electron chi connectivity index (χ2n) is 4.03. The fourth-order valence-corrected chi connectivity index (χ4v) is 2.37. The topological polar surface area (TPSA) is 21.3 Å². The predicted octanol–water partition coefficient (Wildman–Crippen LogP) is 3.70. The summed E-state index contributed by atoms with van der Waals surface area (Å²) in [5.41, 5.74) is 0. The summed E-state index contributed by atoms with van der Waals surface area (Å²) in [6.45, 7) is 6.96. The summed E-state index contributed by atoms with van der Waals surface area (Å²) < 4.78 is 5.47. The lowest BCUT2D eigenvalue weighted by molar-refractivity contribution is 0.0760. The van der Waals surface area contributed by atoms with Crippen LogP contribution in [-0.4, -0.2) is 19.3 Å². The highest BCUT2D eigenvalue weighted by Crippen LogP contribution is 2.18. The van der Waals surface area contributed by atoms with E-state index in [2.05, 4.69) is 19.2 Å². The highest BCUT2D eigenvalue weighted by atomic mass is 35.5. The number of nitrogens with one attached hydrogen (secondary N) is 1. The van der Waals surface area contributed by atoms with Crippen molar-refractivity contribution in [3.63, 3.8) is 0 Å². The van der Waals surface area contributed by atoms with E-state index < -0.39 is 0 Å². The minimum atomic E-state index is 0.348. The zero-order valence-corrected chi connectivity index (χ0v) is 11.5. The predicted molar refractivity (Wildman–Crippen MR) is 71.4 cm³/mol. The first-order valence-corrected chi connectivity index (χ1v) is 6.99. The zero-order valence-electron chi connectivity index (χ0n) is 9.96. The molecule has 0 radical (unpaired) electrons. The largest absolute Gasteiger partial charge is 0.379 e. The Morgan fingerprint density at radius 1 is 1.44 bits per heavy atom. The molecule has 0 saturated heterocycles. The second kappa shape index (κ2) is 8.07. The quantitative estimate of drug-likeness (QED) is 0.721. The van der Waals surface area contributed by atoms with E-state index in [1.54, 1.807) is 11.3 Å². The summed E-state index contributed by atoms with van der Waals surface area (Å²) >= 11 is 7.54. The number of thiophene rings is 1. The molecule has 0 aliphatic rings. The van der Waals surface area contributed by atoms with E-state index in [1.165, 1.54) is 4.88 Å². The number of unbranched alkanes of at least 4 members (excludes halogenated alkanes) is 1. The number of hydrogen-bond donors (Lipinski definition) is 1. The van der Waals surface area contributed by atoms with Crippen LogP contribution in [0, 0.1) is 0 Å². The van der Waals surface area contributed by atoms with Crippen molar-refractivity contribution in [1.82, 2.24) is 5.32 Å². The molecule has 1 rings (SSSR count). The van der Waals surface area contributed by atoms with Crippen molar-refractivity contribution in [2.45, 2.75) is 39.3 Å². The van der Waals surface area contributed by atoms with Crippen LogP contribution in [0.2, 0.25) is 5.02 Å². The fourth-order valence-electron chi connectivity index (χ4n) is 1.33. The molecular formula is C12H20ClNOS. The van der Waals surface area contributed by atoms with E-state index in [9.17, 15) is 0 Å².